The zero-order chi connectivity index (χ0) is 13.8. The minimum atomic E-state index is -3.20. The van der Waals surface area contributed by atoms with E-state index in [9.17, 15) is 8.42 Å². The Balaban J connectivity index is 2.91. The number of sulfone groups is 1. The Morgan fingerprint density at radius 1 is 1.28 bits per heavy atom. The molecule has 5 heteroatoms. The van der Waals surface area contributed by atoms with Crippen LogP contribution < -0.4 is 5.32 Å². The van der Waals surface area contributed by atoms with Crippen LogP contribution >= 0.6 is 11.6 Å². The standard InChI is InChI=1S/C13H20ClNO2S/c1-4-18(16,17)13-8-6-5-7-12(13)15-9-11(14)10(2)3/h5-8,10-11,15H,4,9H2,1-3H3. The first kappa shape index (κ1) is 15.3. The van der Waals surface area contributed by atoms with Gasteiger partial charge in [-0.1, -0.05) is 32.9 Å². The summed E-state index contributed by atoms with van der Waals surface area (Å²) in [6.07, 6.45) is 0. The molecular formula is C13H20ClNO2S. The van der Waals surface area contributed by atoms with Gasteiger partial charge >= 0.3 is 0 Å². The van der Waals surface area contributed by atoms with Gasteiger partial charge in [0.05, 0.1) is 21.7 Å². The summed E-state index contributed by atoms with van der Waals surface area (Å²) in [7, 11) is -3.20. The van der Waals surface area contributed by atoms with Crippen LogP contribution in [0, 0.1) is 5.92 Å². The average molecular weight is 290 g/mol. The summed E-state index contributed by atoms with van der Waals surface area (Å²) >= 11 is 6.15. The molecule has 3 nitrogen and oxygen atoms in total. The van der Waals surface area contributed by atoms with Crippen molar-refractivity contribution < 1.29 is 8.42 Å². The van der Waals surface area contributed by atoms with Crippen LogP contribution in [-0.2, 0) is 9.84 Å². The van der Waals surface area contributed by atoms with Crippen LogP contribution in [0.4, 0.5) is 5.69 Å². The SMILES string of the molecule is CCS(=O)(=O)c1ccccc1NCC(Cl)C(C)C. The van der Waals surface area contributed by atoms with Gasteiger partial charge in [0.15, 0.2) is 9.84 Å². The number of nitrogens with one attached hydrogen (secondary N) is 1. The molecule has 0 amide bonds. The maximum atomic E-state index is 11.9. The fourth-order valence-corrected chi connectivity index (χ4v) is 2.63. The van der Waals surface area contributed by atoms with E-state index >= 15 is 0 Å². The molecule has 1 aromatic rings. The Labute approximate surface area is 114 Å². The molecule has 0 aliphatic rings. The van der Waals surface area contributed by atoms with Gasteiger partial charge in [0.25, 0.3) is 0 Å². The largest absolute Gasteiger partial charge is 0.382 e. The van der Waals surface area contributed by atoms with Crippen LogP contribution in [-0.4, -0.2) is 26.1 Å². The molecule has 0 saturated carbocycles. The van der Waals surface area contributed by atoms with Gasteiger partial charge in [-0.05, 0) is 18.1 Å². The smallest absolute Gasteiger partial charge is 0.180 e. The summed E-state index contributed by atoms with van der Waals surface area (Å²) in [5.41, 5.74) is 0.630. The van der Waals surface area contributed by atoms with Gasteiger partial charge in [0, 0.05) is 6.54 Å². The number of para-hydroxylation sites is 1. The molecule has 0 heterocycles. The van der Waals surface area contributed by atoms with Gasteiger partial charge in [-0.2, -0.15) is 0 Å². The van der Waals surface area contributed by atoms with Crippen molar-refractivity contribution in [1.82, 2.24) is 0 Å². The number of alkyl halides is 1. The van der Waals surface area contributed by atoms with E-state index in [0.717, 1.165) is 0 Å². The van der Waals surface area contributed by atoms with Crippen molar-refractivity contribution in [3.8, 4) is 0 Å². The lowest BCUT2D eigenvalue weighted by molar-refractivity contribution is 0.597. The van der Waals surface area contributed by atoms with Crippen molar-refractivity contribution in [1.29, 1.82) is 0 Å². The molecule has 0 fully saturated rings. The van der Waals surface area contributed by atoms with E-state index in [0.29, 0.717) is 23.0 Å². The zero-order valence-electron chi connectivity index (χ0n) is 11.0. The maximum absolute atomic E-state index is 11.9. The van der Waals surface area contributed by atoms with Crippen LogP contribution in [0.5, 0.6) is 0 Å². The van der Waals surface area contributed by atoms with Crippen molar-refractivity contribution in [3.63, 3.8) is 0 Å². The fourth-order valence-electron chi connectivity index (χ4n) is 1.48. The maximum Gasteiger partial charge on any atom is 0.180 e. The predicted octanol–water partition coefficient (Wildman–Crippen LogP) is 3.16. The Morgan fingerprint density at radius 3 is 2.44 bits per heavy atom. The highest BCUT2D eigenvalue weighted by Gasteiger charge is 2.17. The fraction of sp³-hybridized carbons (Fsp3) is 0.538. The number of benzene rings is 1. The van der Waals surface area contributed by atoms with E-state index in [-0.39, 0.29) is 11.1 Å². The normalized spacial score (nSPS) is 13.6. The second-order valence-corrected chi connectivity index (χ2v) is 7.35. The molecule has 0 aromatic heterocycles. The summed E-state index contributed by atoms with van der Waals surface area (Å²) in [5.74, 6) is 0.439. The van der Waals surface area contributed by atoms with Crippen LogP contribution in [0.15, 0.2) is 29.2 Å². The van der Waals surface area contributed by atoms with E-state index in [1.807, 2.05) is 19.9 Å². The molecule has 18 heavy (non-hydrogen) atoms. The molecule has 0 spiro atoms. The third-order valence-corrected chi connectivity index (χ3v) is 5.26. The van der Waals surface area contributed by atoms with E-state index in [2.05, 4.69) is 5.32 Å². The summed E-state index contributed by atoms with van der Waals surface area (Å²) < 4.78 is 23.9. The Kier molecular flexibility index (Phi) is 5.47. The summed E-state index contributed by atoms with van der Waals surface area (Å²) in [4.78, 5) is 0.347. The molecule has 0 saturated heterocycles. The summed E-state index contributed by atoms with van der Waals surface area (Å²) in [5, 5.41) is 3.10. The molecule has 102 valence electrons. The van der Waals surface area contributed by atoms with Gasteiger partial charge in [-0.15, -0.1) is 11.6 Å². The number of hydrogen-bond donors (Lipinski definition) is 1. The van der Waals surface area contributed by atoms with Crippen LogP contribution in [0.25, 0.3) is 0 Å². The average Bonchev–Trinajstić information content (AvgIpc) is 2.36. The third kappa shape index (κ3) is 3.89. The molecule has 0 radical (unpaired) electrons. The minimum Gasteiger partial charge on any atom is -0.382 e. The molecule has 0 aliphatic heterocycles. The van der Waals surface area contributed by atoms with Crippen LogP contribution in [0.2, 0.25) is 0 Å². The van der Waals surface area contributed by atoms with E-state index in [1.54, 1.807) is 25.1 Å². The zero-order valence-corrected chi connectivity index (χ0v) is 12.6. The first-order valence-electron chi connectivity index (χ1n) is 6.08. The molecule has 1 aromatic carbocycles. The Morgan fingerprint density at radius 2 is 1.89 bits per heavy atom. The van der Waals surface area contributed by atoms with Gasteiger partial charge in [0.2, 0.25) is 0 Å². The highest BCUT2D eigenvalue weighted by molar-refractivity contribution is 7.91. The van der Waals surface area contributed by atoms with Gasteiger partial charge < -0.3 is 5.32 Å². The lowest BCUT2D eigenvalue weighted by atomic mass is 10.1. The monoisotopic (exact) mass is 289 g/mol. The highest BCUT2D eigenvalue weighted by atomic mass is 35.5. The predicted molar refractivity (Wildman–Crippen MR) is 77.1 cm³/mol. The Hall–Kier alpha value is -0.740. The summed E-state index contributed by atoms with van der Waals surface area (Å²) in [6, 6.07) is 6.94. The van der Waals surface area contributed by atoms with Crippen molar-refractivity contribution in [3.05, 3.63) is 24.3 Å². The molecule has 1 atom stereocenters. The molecule has 0 aliphatic carbocycles. The van der Waals surface area contributed by atoms with Crippen molar-refractivity contribution in [2.45, 2.75) is 31.0 Å². The highest BCUT2D eigenvalue weighted by Crippen LogP contribution is 2.22. The number of anilines is 1. The van der Waals surface area contributed by atoms with Gasteiger partial charge in [-0.25, -0.2) is 8.42 Å². The van der Waals surface area contributed by atoms with Crippen molar-refractivity contribution >= 4 is 27.1 Å². The third-order valence-electron chi connectivity index (χ3n) is 2.81. The van der Waals surface area contributed by atoms with Crippen LogP contribution in [0.3, 0.4) is 0 Å². The second-order valence-electron chi connectivity index (χ2n) is 4.54. The number of hydrogen-bond acceptors (Lipinski definition) is 3. The lowest BCUT2D eigenvalue weighted by Crippen LogP contribution is -2.20. The lowest BCUT2D eigenvalue weighted by Gasteiger charge is -2.17. The van der Waals surface area contributed by atoms with Crippen LogP contribution in [0.1, 0.15) is 20.8 Å². The van der Waals surface area contributed by atoms with E-state index < -0.39 is 9.84 Å². The van der Waals surface area contributed by atoms with Gasteiger partial charge in [0.1, 0.15) is 0 Å². The first-order chi connectivity index (χ1) is 8.38. The molecule has 1 N–H and O–H groups in total. The van der Waals surface area contributed by atoms with E-state index in [4.69, 9.17) is 11.6 Å². The molecular weight excluding hydrogens is 270 g/mol. The number of rotatable bonds is 6. The molecule has 1 rings (SSSR count). The molecule has 1 unspecified atom stereocenters. The van der Waals surface area contributed by atoms with Crippen molar-refractivity contribution in [2.24, 2.45) is 5.92 Å². The quantitative estimate of drug-likeness (QED) is 0.818. The minimum absolute atomic E-state index is 0.0256. The number of halogens is 1. The second kappa shape index (κ2) is 6.43. The topological polar surface area (TPSA) is 46.2 Å². The van der Waals surface area contributed by atoms with Gasteiger partial charge in [-0.3, -0.25) is 0 Å². The molecule has 0 bridgehead atoms. The van der Waals surface area contributed by atoms with E-state index in [1.165, 1.54) is 0 Å². The van der Waals surface area contributed by atoms with Crippen molar-refractivity contribution in [2.75, 3.05) is 17.6 Å². The Bertz CT molecular complexity index is 486. The first-order valence-corrected chi connectivity index (χ1v) is 8.17. The summed E-state index contributed by atoms with van der Waals surface area (Å²) in [6.45, 7) is 6.27.